The van der Waals surface area contributed by atoms with Gasteiger partial charge in [-0.1, -0.05) is 91.0 Å². The molecule has 0 fully saturated rings. The van der Waals surface area contributed by atoms with E-state index in [1.54, 1.807) is 0 Å². The third-order valence-corrected chi connectivity index (χ3v) is 7.83. The monoisotopic (exact) mass is 514 g/mol. The van der Waals surface area contributed by atoms with Gasteiger partial charge in [-0.25, -0.2) is 0 Å². The van der Waals surface area contributed by atoms with E-state index in [-0.39, 0.29) is 12.5 Å². The minimum absolute atomic E-state index is 0.177. The molecule has 196 valence electrons. The molecule has 1 heterocycles. The van der Waals surface area contributed by atoms with Gasteiger partial charge in [0.25, 0.3) is 0 Å². The first kappa shape index (κ1) is 25.1. The number of aliphatic hydroxyl groups excluding tert-OH is 1. The van der Waals surface area contributed by atoms with E-state index in [1.807, 2.05) is 16.9 Å². The minimum atomic E-state index is 0.177. The second-order valence-corrected chi connectivity index (χ2v) is 10.4. The molecule has 0 saturated carbocycles. The number of aromatic nitrogens is 2. The van der Waals surface area contributed by atoms with Gasteiger partial charge in [0, 0.05) is 30.8 Å². The van der Waals surface area contributed by atoms with Crippen LogP contribution in [0.25, 0.3) is 11.1 Å². The van der Waals surface area contributed by atoms with Crippen LogP contribution in [-0.2, 0) is 19.6 Å². The minimum Gasteiger partial charge on any atom is -0.489 e. The summed E-state index contributed by atoms with van der Waals surface area (Å²) in [5, 5.41) is 13.6. The van der Waals surface area contributed by atoms with E-state index >= 15 is 0 Å². The highest BCUT2D eigenvalue weighted by Crippen LogP contribution is 2.47. The second kappa shape index (κ2) is 11.7. The molecule has 39 heavy (non-hydrogen) atoms. The summed E-state index contributed by atoms with van der Waals surface area (Å²) in [5.74, 6) is 1.63. The molecule has 0 saturated heterocycles. The average molecular weight is 515 g/mol. The molecule has 6 rings (SSSR count). The van der Waals surface area contributed by atoms with Gasteiger partial charge in [-0.15, -0.1) is 0 Å². The Bertz CT molecular complexity index is 1490. The van der Waals surface area contributed by atoms with Crippen LogP contribution in [0.1, 0.15) is 52.5 Å². The first-order valence-corrected chi connectivity index (χ1v) is 13.9. The van der Waals surface area contributed by atoms with Crippen molar-refractivity contribution < 1.29 is 9.84 Å². The van der Waals surface area contributed by atoms with Crippen molar-refractivity contribution in [3.63, 3.8) is 0 Å². The lowest BCUT2D eigenvalue weighted by molar-refractivity contribution is 0.277. The van der Waals surface area contributed by atoms with Crippen molar-refractivity contribution in [2.45, 2.75) is 44.2 Å². The number of aliphatic hydroxyl groups is 1. The van der Waals surface area contributed by atoms with Crippen LogP contribution >= 0.6 is 0 Å². The van der Waals surface area contributed by atoms with E-state index in [4.69, 9.17) is 9.84 Å². The Hall–Kier alpha value is -4.15. The van der Waals surface area contributed by atoms with Gasteiger partial charge in [-0.05, 0) is 70.7 Å². The van der Waals surface area contributed by atoms with Gasteiger partial charge in [0.05, 0.1) is 6.20 Å². The first-order valence-electron chi connectivity index (χ1n) is 13.9. The molecule has 1 unspecified atom stereocenters. The summed E-state index contributed by atoms with van der Waals surface area (Å²) in [7, 11) is 0. The summed E-state index contributed by atoms with van der Waals surface area (Å²) < 4.78 is 8.08. The maximum absolute atomic E-state index is 9.12. The third-order valence-electron chi connectivity index (χ3n) is 7.83. The Morgan fingerprint density at radius 2 is 1.59 bits per heavy atom. The molecular formula is C35H34N2O2. The standard InChI is InChI=1S/C35H34N2O2/c38-21-7-20-37-24-31(23-36-37)27-12-14-29(15-13-27)35-33(28-10-5-2-6-11-28)18-16-30-22-32(17-19-34(30)35)39-25-26-8-3-1-4-9-26/h1-6,8-15,17,19,22-24,33,35,38H,7,16,18,20-21,25H2/t33-,35?/m1/s1. The van der Waals surface area contributed by atoms with E-state index in [9.17, 15) is 0 Å². The molecule has 4 heteroatoms. The van der Waals surface area contributed by atoms with Crippen molar-refractivity contribution in [3.8, 4) is 16.9 Å². The van der Waals surface area contributed by atoms with E-state index in [0.29, 0.717) is 18.9 Å². The van der Waals surface area contributed by atoms with Gasteiger partial charge in [0.2, 0.25) is 0 Å². The Balaban J connectivity index is 1.29. The smallest absolute Gasteiger partial charge is 0.120 e. The molecule has 0 radical (unpaired) electrons. The van der Waals surface area contributed by atoms with Crippen LogP contribution in [0.2, 0.25) is 0 Å². The van der Waals surface area contributed by atoms with Crippen LogP contribution in [0, 0.1) is 0 Å². The van der Waals surface area contributed by atoms with Gasteiger partial charge >= 0.3 is 0 Å². The molecule has 4 nitrogen and oxygen atoms in total. The zero-order chi connectivity index (χ0) is 26.4. The first-order chi connectivity index (χ1) is 19.3. The van der Waals surface area contributed by atoms with Crippen LogP contribution in [0.5, 0.6) is 5.75 Å². The van der Waals surface area contributed by atoms with Crippen LogP contribution in [-0.4, -0.2) is 21.5 Å². The van der Waals surface area contributed by atoms with Gasteiger partial charge in [-0.2, -0.15) is 5.10 Å². The fraction of sp³-hybridized carbons (Fsp3) is 0.229. The van der Waals surface area contributed by atoms with E-state index in [0.717, 1.165) is 36.3 Å². The number of hydrogen-bond acceptors (Lipinski definition) is 3. The summed E-state index contributed by atoms with van der Waals surface area (Å²) in [4.78, 5) is 0. The fourth-order valence-corrected chi connectivity index (χ4v) is 5.85. The molecule has 1 aliphatic carbocycles. The third kappa shape index (κ3) is 5.67. The maximum atomic E-state index is 9.12. The predicted molar refractivity (Wildman–Crippen MR) is 156 cm³/mol. The molecule has 0 spiro atoms. The number of hydrogen-bond donors (Lipinski definition) is 1. The maximum Gasteiger partial charge on any atom is 0.120 e. The number of fused-ring (bicyclic) bond motifs is 1. The number of nitrogens with zero attached hydrogens (tertiary/aromatic N) is 2. The van der Waals surface area contributed by atoms with E-state index < -0.39 is 0 Å². The van der Waals surface area contributed by atoms with Crippen LogP contribution in [0.3, 0.4) is 0 Å². The summed E-state index contributed by atoms with van der Waals surface area (Å²) in [6, 6.07) is 37.0. The zero-order valence-electron chi connectivity index (χ0n) is 22.1. The topological polar surface area (TPSA) is 47.3 Å². The van der Waals surface area contributed by atoms with Crippen LogP contribution < -0.4 is 4.74 Å². The second-order valence-electron chi connectivity index (χ2n) is 10.4. The molecule has 2 atom stereocenters. The number of benzene rings is 4. The van der Waals surface area contributed by atoms with Crippen LogP contribution in [0.4, 0.5) is 0 Å². The molecule has 0 bridgehead atoms. The Morgan fingerprint density at radius 1 is 0.821 bits per heavy atom. The van der Waals surface area contributed by atoms with Crippen molar-refractivity contribution in [2.75, 3.05) is 6.61 Å². The largest absolute Gasteiger partial charge is 0.489 e. The van der Waals surface area contributed by atoms with Crippen molar-refractivity contribution in [2.24, 2.45) is 0 Å². The van der Waals surface area contributed by atoms with Crippen molar-refractivity contribution >= 4 is 0 Å². The molecule has 0 amide bonds. The van der Waals surface area contributed by atoms with E-state index in [1.165, 1.54) is 27.8 Å². The van der Waals surface area contributed by atoms with Crippen molar-refractivity contribution in [3.05, 3.63) is 143 Å². The lowest BCUT2D eigenvalue weighted by Crippen LogP contribution is -2.20. The fourth-order valence-electron chi connectivity index (χ4n) is 5.85. The summed E-state index contributed by atoms with van der Waals surface area (Å²) >= 11 is 0. The summed E-state index contributed by atoms with van der Waals surface area (Å²) in [6.07, 6.45) is 6.82. The molecular weight excluding hydrogens is 480 g/mol. The highest BCUT2D eigenvalue weighted by atomic mass is 16.5. The molecule has 1 aliphatic rings. The lowest BCUT2D eigenvalue weighted by atomic mass is 9.69. The highest BCUT2D eigenvalue weighted by molar-refractivity contribution is 5.62. The lowest BCUT2D eigenvalue weighted by Gasteiger charge is -2.35. The van der Waals surface area contributed by atoms with Gasteiger partial charge < -0.3 is 9.84 Å². The molecule has 1 aromatic heterocycles. The highest BCUT2D eigenvalue weighted by Gasteiger charge is 2.32. The van der Waals surface area contributed by atoms with Gasteiger partial charge in [0.15, 0.2) is 0 Å². The average Bonchev–Trinajstić information content (AvgIpc) is 3.48. The predicted octanol–water partition coefficient (Wildman–Crippen LogP) is 7.37. The SMILES string of the molecule is OCCCn1cc(-c2ccc(C3c4ccc(OCc5ccccc5)cc4CC[C@@H]3c3ccccc3)cc2)cn1. The Morgan fingerprint density at radius 3 is 2.36 bits per heavy atom. The molecule has 5 aromatic rings. The number of rotatable bonds is 9. The van der Waals surface area contributed by atoms with E-state index in [2.05, 4.69) is 108 Å². The van der Waals surface area contributed by atoms with Crippen LogP contribution in [0.15, 0.2) is 116 Å². The summed E-state index contributed by atoms with van der Waals surface area (Å²) in [6.45, 7) is 1.48. The summed E-state index contributed by atoms with van der Waals surface area (Å²) in [5.41, 5.74) is 8.94. The van der Waals surface area contributed by atoms with Crippen molar-refractivity contribution in [1.29, 1.82) is 0 Å². The normalized spacial score (nSPS) is 16.5. The molecule has 1 N–H and O–H groups in total. The Labute approximate surface area is 230 Å². The Kier molecular flexibility index (Phi) is 7.55. The quantitative estimate of drug-likeness (QED) is 0.223. The van der Waals surface area contributed by atoms with Gasteiger partial charge in [0.1, 0.15) is 12.4 Å². The molecule has 4 aromatic carbocycles. The molecule has 0 aliphatic heterocycles. The van der Waals surface area contributed by atoms with Crippen molar-refractivity contribution in [1.82, 2.24) is 9.78 Å². The zero-order valence-corrected chi connectivity index (χ0v) is 22.1. The van der Waals surface area contributed by atoms with Gasteiger partial charge in [-0.3, -0.25) is 4.68 Å². The number of aryl methyl sites for hydroxylation is 2. The number of ether oxygens (including phenoxy) is 1.